The molecule has 0 spiro atoms. The zero-order chi connectivity index (χ0) is 22.8. The van der Waals surface area contributed by atoms with Crippen molar-refractivity contribution in [1.82, 2.24) is 15.0 Å². The fourth-order valence-electron chi connectivity index (χ4n) is 3.81. The fourth-order valence-corrected chi connectivity index (χ4v) is 4.64. The molecule has 5 nitrogen and oxygen atoms in total. The Bertz CT molecular complexity index is 1260. The number of aromatic nitrogens is 3. The Kier molecular flexibility index (Phi) is 6.24. The molecule has 32 heavy (non-hydrogen) atoms. The average Bonchev–Trinajstić information content (AvgIpc) is 3.11. The van der Waals surface area contributed by atoms with Gasteiger partial charge in [0.1, 0.15) is 17.4 Å². The third-order valence-corrected chi connectivity index (χ3v) is 6.40. The van der Waals surface area contributed by atoms with Crippen molar-refractivity contribution in [3.8, 4) is 17.0 Å². The van der Waals surface area contributed by atoms with E-state index in [2.05, 4.69) is 60.5 Å². The van der Waals surface area contributed by atoms with Gasteiger partial charge < -0.3 is 10.1 Å². The van der Waals surface area contributed by atoms with Crippen molar-refractivity contribution in [2.75, 3.05) is 12.4 Å². The van der Waals surface area contributed by atoms with E-state index < -0.39 is 0 Å². The van der Waals surface area contributed by atoms with Crippen LogP contribution in [-0.2, 0) is 6.42 Å². The monoisotopic (exact) mass is 444 g/mol. The second kappa shape index (κ2) is 9.09. The molecule has 0 bridgehead atoms. The molecule has 0 aliphatic rings. The number of rotatable bonds is 6. The molecule has 0 saturated carbocycles. The number of anilines is 2. The molecule has 2 heterocycles. The minimum atomic E-state index is 0.747. The summed E-state index contributed by atoms with van der Waals surface area (Å²) in [5.74, 6) is 2.45. The van der Waals surface area contributed by atoms with Gasteiger partial charge in [-0.2, -0.15) is 0 Å². The first-order chi connectivity index (χ1) is 15.3. The van der Waals surface area contributed by atoms with Crippen LogP contribution in [0.2, 0.25) is 0 Å². The smallest absolute Gasteiger partial charge is 0.189 e. The second-order valence-corrected chi connectivity index (χ2v) is 9.28. The Morgan fingerprint density at radius 1 is 0.906 bits per heavy atom. The van der Waals surface area contributed by atoms with Crippen LogP contribution >= 0.6 is 11.3 Å². The molecule has 4 aromatic rings. The van der Waals surface area contributed by atoms with Crippen molar-refractivity contribution in [3.05, 3.63) is 81.1 Å². The summed E-state index contributed by atoms with van der Waals surface area (Å²) in [4.78, 5) is 15.4. The molecule has 0 unspecified atom stereocenters. The first-order valence-corrected chi connectivity index (χ1v) is 11.4. The first kappa shape index (κ1) is 22.0. The Hall–Kier alpha value is -3.25. The van der Waals surface area contributed by atoms with Gasteiger partial charge in [0, 0.05) is 28.1 Å². The summed E-state index contributed by atoms with van der Waals surface area (Å²) in [7, 11) is 1.69. The molecule has 6 heteroatoms. The van der Waals surface area contributed by atoms with Crippen molar-refractivity contribution in [3.63, 3.8) is 0 Å². The molecule has 2 aromatic heterocycles. The van der Waals surface area contributed by atoms with E-state index in [9.17, 15) is 0 Å². The van der Waals surface area contributed by atoms with Crippen LogP contribution in [-0.4, -0.2) is 22.1 Å². The van der Waals surface area contributed by atoms with Gasteiger partial charge in [-0.15, -0.1) is 11.3 Å². The summed E-state index contributed by atoms with van der Waals surface area (Å²) >= 11 is 1.63. The van der Waals surface area contributed by atoms with Crippen LogP contribution < -0.4 is 10.1 Å². The Morgan fingerprint density at radius 3 is 2.34 bits per heavy atom. The highest BCUT2D eigenvalue weighted by Gasteiger charge is 2.16. The van der Waals surface area contributed by atoms with Gasteiger partial charge in [0.05, 0.1) is 12.8 Å². The molecule has 1 N–H and O–H groups in total. The van der Waals surface area contributed by atoms with E-state index >= 15 is 0 Å². The van der Waals surface area contributed by atoms with Crippen molar-refractivity contribution >= 4 is 22.3 Å². The van der Waals surface area contributed by atoms with Crippen LogP contribution in [0.15, 0.2) is 42.5 Å². The van der Waals surface area contributed by atoms with Crippen LogP contribution in [0.1, 0.15) is 38.6 Å². The number of aryl methyl sites for hydroxylation is 5. The third-order valence-electron chi connectivity index (χ3n) is 5.52. The van der Waals surface area contributed by atoms with Crippen LogP contribution in [0.5, 0.6) is 5.75 Å². The van der Waals surface area contributed by atoms with Gasteiger partial charge >= 0.3 is 0 Å². The lowest BCUT2D eigenvalue weighted by molar-refractivity contribution is 0.412. The maximum absolute atomic E-state index is 5.40. The number of hydrogen-bond acceptors (Lipinski definition) is 6. The molecule has 164 valence electrons. The number of thiazole rings is 1. The Balaban J connectivity index is 1.66. The summed E-state index contributed by atoms with van der Waals surface area (Å²) < 4.78 is 5.40. The predicted molar refractivity (Wildman–Crippen MR) is 132 cm³/mol. The minimum absolute atomic E-state index is 0.747. The van der Waals surface area contributed by atoms with Gasteiger partial charge in [-0.05, 0) is 63.9 Å². The van der Waals surface area contributed by atoms with E-state index in [1.165, 1.54) is 11.1 Å². The third kappa shape index (κ3) is 4.65. The molecule has 2 aromatic carbocycles. The molecule has 0 saturated heterocycles. The minimum Gasteiger partial charge on any atom is -0.496 e. The highest BCUT2D eigenvalue weighted by Crippen LogP contribution is 2.34. The van der Waals surface area contributed by atoms with E-state index in [1.807, 2.05) is 26.8 Å². The standard InChI is InChI=1S/C26H28N4OS/c1-15-7-9-20(10-8-15)14-22-17(3)27-19(5)28-25(22)30-26-29-24(18(4)32-26)21-11-12-23(31-6)16(2)13-21/h7-13H,14H2,1-6H3,(H,27,28,29,30). The lowest BCUT2D eigenvalue weighted by Gasteiger charge is -2.13. The predicted octanol–water partition coefficient (Wildman–Crippen LogP) is 6.49. The summed E-state index contributed by atoms with van der Waals surface area (Å²) in [6.07, 6.45) is 0.767. The quantitative estimate of drug-likeness (QED) is 0.368. The van der Waals surface area contributed by atoms with Crippen LogP contribution in [0.4, 0.5) is 10.9 Å². The fraction of sp³-hybridized carbons (Fsp3) is 0.269. The van der Waals surface area contributed by atoms with E-state index in [0.29, 0.717) is 0 Å². The molecular formula is C26H28N4OS. The lowest BCUT2D eigenvalue weighted by Crippen LogP contribution is -2.06. The van der Waals surface area contributed by atoms with Gasteiger partial charge in [0.25, 0.3) is 0 Å². The molecule has 0 atom stereocenters. The summed E-state index contributed by atoms with van der Waals surface area (Å²) in [5, 5.41) is 4.31. The molecule has 0 aliphatic heterocycles. The SMILES string of the molecule is COc1ccc(-c2nc(Nc3nc(C)nc(C)c3Cc3ccc(C)cc3)sc2C)cc1C. The number of ether oxygens (including phenoxy) is 1. The summed E-state index contributed by atoms with van der Waals surface area (Å²) in [6, 6.07) is 14.8. The van der Waals surface area contributed by atoms with E-state index in [0.717, 1.165) is 61.9 Å². The largest absolute Gasteiger partial charge is 0.496 e. The van der Waals surface area contributed by atoms with E-state index in [1.54, 1.807) is 18.4 Å². The maximum atomic E-state index is 5.40. The van der Waals surface area contributed by atoms with Gasteiger partial charge in [-0.25, -0.2) is 15.0 Å². The highest BCUT2D eigenvalue weighted by atomic mass is 32.1. The van der Waals surface area contributed by atoms with Gasteiger partial charge in [0.2, 0.25) is 0 Å². The number of methoxy groups -OCH3 is 1. The van der Waals surface area contributed by atoms with Crippen LogP contribution in [0.3, 0.4) is 0 Å². The van der Waals surface area contributed by atoms with Crippen molar-refractivity contribution in [2.24, 2.45) is 0 Å². The van der Waals surface area contributed by atoms with Crippen molar-refractivity contribution in [2.45, 2.75) is 41.0 Å². The number of nitrogens with one attached hydrogen (secondary N) is 1. The van der Waals surface area contributed by atoms with Gasteiger partial charge in [0.15, 0.2) is 5.13 Å². The van der Waals surface area contributed by atoms with Crippen molar-refractivity contribution < 1.29 is 4.74 Å². The number of nitrogens with zero attached hydrogens (tertiary/aromatic N) is 3. The molecule has 0 fully saturated rings. The van der Waals surface area contributed by atoms with Gasteiger partial charge in [-0.1, -0.05) is 29.8 Å². The topological polar surface area (TPSA) is 59.9 Å². The number of benzene rings is 2. The molecule has 4 rings (SSSR count). The Labute approximate surface area is 193 Å². The molecule has 0 aliphatic carbocycles. The first-order valence-electron chi connectivity index (χ1n) is 10.6. The maximum Gasteiger partial charge on any atom is 0.189 e. The van der Waals surface area contributed by atoms with E-state index in [-0.39, 0.29) is 0 Å². The number of hydrogen-bond donors (Lipinski definition) is 1. The summed E-state index contributed by atoms with van der Waals surface area (Å²) in [6.45, 7) is 10.2. The van der Waals surface area contributed by atoms with Crippen LogP contribution in [0.25, 0.3) is 11.3 Å². The molecule has 0 radical (unpaired) electrons. The average molecular weight is 445 g/mol. The van der Waals surface area contributed by atoms with Crippen LogP contribution in [0, 0.1) is 34.6 Å². The zero-order valence-corrected chi connectivity index (χ0v) is 20.2. The zero-order valence-electron chi connectivity index (χ0n) is 19.4. The normalized spacial score (nSPS) is 10.9. The Morgan fingerprint density at radius 2 is 1.66 bits per heavy atom. The highest BCUT2D eigenvalue weighted by molar-refractivity contribution is 7.16. The lowest BCUT2D eigenvalue weighted by atomic mass is 10.0. The summed E-state index contributed by atoms with van der Waals surface area (Å²) in [5.41, 5.74) is 7.72. The van der Waals surface area contributed by atoms with Crippen molar-refractivity contribution in [1.29, 1.82) is 0 Å². The van der Waals surface area contributed by atoms with Gasteiger partial charge in [-0.3, -0.25) is 0 Å². The molecular weight excluding hydrogens is 416 g/mol. The molecule has 0 amide bonds. The van der Waals surface area contributed by atoms with E-state index in [4.69, 9.17) is 14.7 Å². The second-order valence-electron chi connectivity index (χ2n) is 8.08.